The predicted octanol–water partition coefficient (Wildman–Crippen LogP) is 1.69. The second-order valence-corrected chi connectivity index (χ2v) is 4.04. The third-order valence-electron chi connectivity index (χ3n) is 2.98. The topological polar surface area (TPSA) is 47.6 Å². The molecule has 0 heterocycles. The molecule has 17 heavy (non-hydrogen) atoms. The molecule has 0 saturated carbocycles. The quantitative estimate of drug-likeness (QED) is 0.792. The highest BCUT2D eigenvalue weighted by Crippen LogP contribution is 2.32. The van der Waals surface area contributed by atoms with E-state index in [9.17, 15) is 4.79 Å². The zero-order valence-electron chi connectivity index (χ0n) is 10.7. The molecule has 1 N–H and O–H groups in total. The van der Waals surface area contributed by atoms with Crippen LogP contribution in [0.4, 0.5) is 0 Å². The van der Waals surface area contributed by atoms with Crippen molar-refractivity contribution < 1.29 is 14.3 Å². The Morgan fingerprint density at radius 3 is 2.53 bits per heavy atom. The molecule has 4 nitrogen and oxygen atoms in total. The van der Waals surface area contributed by atoms with Crippen molar-refractivity contribution in [3.8, 4) is 5.75 Å². The van der Waals surface area contributed by atoms with Gasteiger partial charge in [-0.15, -0.1) is 0 Å². The first-order valence-electron chi connectivity index (χ1n) is 5.46. The second-order valence-electron chi connectivity index (χ2n) is 4.04. The van der Waals surface area contributed by atoms with Crippen LogP contribution in [-0.4, -0.2) is 27.2 Å². The maximum atomic E-state index is 11.5. The number of carbonyl (C=O) groups is 1. The van der Waals surface area contributed by atoms with Crippen LogP contribution in [0.1, 0.15) is 18.9 Å². The summed E-state index contributed by atoms with van der Waals surface area (Å²) in [6.07, 6.45) is 0.250. The maximum absolute atomic E-state index is 11.5. The van der Waals surface area contributed by atoms with Gasteiger partial charge in [0.25, 0.3) is 0 Å². The number of para-hydroxylation sites is 1. The minimum atomic E-state index is -0.500. The van der Waals surface area contributed by atoms with Crippen LogP contribution in [0.5, 0.6) is 5.75 Å². The van der Waals surface area contributed by atoms with E-state index in [0.29, 0.717) is 0 Å². The standard InChI is InChI=1S/C13H19NO3/c1-13(14-2,9-12(15)17-4)10-7-5-6-8-11(10)16-3/h5-8,14H,9H2,1-4H3. The van der Waals surface area contributed by atoms with E-state index in [-0.39, 0.29) is 12.4 Å². The van der Waals surface area contributed by atoms with Crippen molar-refractivity contribution in [2.45, 2.75) is 18.9 Å². The molecule has 1 aromatic rings. The van der Waals surface area contributed by atoms with Gasteiger partial charge in [-0.25, -0.2) is 0 Å². The SMILES string of the molecule is CNC(C)(CC(=O)OC)c1ccccc1OC. The Morgan fingerprint density at radius 2 is 2.00 bits per heavy atom. The molecule has 0 aliphatic heterocycles. The van der Waals surface area contributed by atoms with Gasteiger partial charge in [-0.2, -0.15) is 0 Å². The molecule has 1 unspecified atom stereocenters. The van der Waals surface area contributed by atoms with E-state index >= 15 is 0 Å². The number of benzene rings is 1. The number of rotatable bonds is 5. The molecule has 1 aromatic carbocycles. The molecule has 1 rings (SSSR count). The highest BCUT2D eigenvalue weighted by atomic mass is 16.5. The van der Waals surface area contributed by atoms with Crippen LogP contribution in [0.15, 0.2) is 24.3 Å². The molecule has 0 aliphatic rings. The number of hydrogen-bond acceptors (Lipinski definition) is 4. The molecular weight excluding hydrogens is 218 g/mol. The number of methoxy groups -OCH3 is 2. The molecule has 0 saturated heterocycles. The van der Waals surface area contributed by atoms with Gasteiger partial charge in [0.15, 0.2) is 0 Å². The average molecular weight is 237 g/mol. The molecular formula is C13H19NO3. The molecule has 4 heteroatoms. The molecule has 0 bridgehead atoms. The zero-order chi connectivity index (χ0) is 12.9. The number of esters is 1. The molecule has 0 aliphatic carbocycles. The monoisotopic (exact) mass is 237 g/mol. The number of ether oxygens (including phenoxy) is 2. The van der Waals surface area contributed by atoms with Crippen LogP contribution >= 0.6 is 0 Å². The molecule has 1 atom stereocenters. The first kappa shape index (κ1) is 13.5. The van der Waals surface area contributed by atoms with Crippen molar-refractivity contribution >= 4 is 5.97 Å². The minimum absolute atomic E-state index is 0.250. The smallest absolute Gasteiger partial charge is 0.307 e. The van der Waals surface area contributed by atoms with Gasteiger partial charge >= 0.3 is 5.97 Å². The summed E-state index contributed by atoms with van der Waals surface area (Å²) in [6.45, 7) is 1.95. The Hall–Kier alpha value is -1.55. The Morgan fingerprint density at radius 1 is 1.35 bits per heavy atom. The summed E-state index contributed by atoms with van der Waals surface area (Å²) < 4.78 is 10.0. The van der Waals surface area contributed by atoms with Gasteiger partial charge in [-0.1, -0.05) is 18.2 Å². The fraction of sp³-hybridized carbons (Fsp3) is 0.462. The van der Waals surface area contributed by atoms with E-state index in [1.165, 1.54) is 7.11 Å². The van der Waals surface area contributed by atoms with Crippen LogP contribution in [0, 0.1) is 0 Å². The lowest BCUT2D eigenvalue weighted by Crippen LogP contribution is -2.39. The van der Waals surface area contributed by atoms with Gasteiger partial charge in [0.1, 0.15) is 5.75 Å². The third-order valence-corrected chi connectivity index (χ3v) is 2.98. The van der Waals surface area contributed by atoms with Gasteiger partial charge in [-0.05, 0) is 20.0 Å². The van der Waals surface area contributed by atoms with Crippen molar-refractivity contribution in [3.05, 3.63) is 29.8 Å². The molecule has 0 aromatic heterocycles. The van der Waals surface area contributed by atoms with Crippen molar-refractivity contribution in [3.63, 3.8) is 0 Å². The average Bonchev–Trinajstić information content (AvgIpc) is 2.38. The summed E-state index contributed by atoms with van der Waals surface area (Å²) in [5.74, 6) is 0.501. The van der Waals surface area contributed by atoms with Crippen molar-refractivity contribution in [1.82, 2.24) is 5.32 Å². The fourth-order valence-electron chi connectivity index (χ4n) is 1.78. The summed E-state index contributed by atoms with van der Waals surface area (Å²) in [6, 6.07) is 7.64. The summed E-state index contributed by atoms with van der Waals surface area (Å²) >= 11 is 0. The normalized spacial score (nSPS) is 13.9. The Labute approximate surface area is 102 Å². The number of nitrogens with one attached hydrogen (secondary N) is 1. The molecule has 0 amide bonds. The van der Waals surface area contributed by atoms with Crippen molar-refractivity contribution in [2.24, 2.45) is 0 Å². The summed E-state index contributed by atoms with van der Waals surface area (Å²) in [4.78, 5) is 11.5. The van der Waals surface area contributed by atoms with Gasteiger partial charge in [-0.3, -0.25) is 4.79 Å². The molecule has 0 spiro atoms. The third kappa shape index (κ3) is 2.97. The molecule has 0 fully saturated rings. The van der Waals surface area contributed by atoms with E-state index in [4.69, 9.17) is 9.47 Å². The Kier molecular flexibility index (Phi) is 4.52. The Bertz CT molecular complexity index is 392. The van der Waals surface area contributed by atoms with E-state index < -0.39 is 5.54 Å². The van der Waals surface area contributed by atoms with Crippen molar-refractivity contribution in [2.75, 3.05) is 21.3 Å². The maximum Gasteiger partial charge on any atom is 0.307 e. The molecule has 94 valence electrons. The van der Waals surface area contributed by atoms with Crippen LogP contribution in [0.25, 0.3) is 0 Å². The van der Waals surface area contributed by atoms with E-state index in [2.05, 4.69) is 5.32 Å². The van der Waals surface area contributed by atoms with Crippen LogP contribution in [0.2, 0.25) is 0 Å². The van der Waals surface area contributed by atoms with Crippen LogP contribution < -0.4 is 10.1 Å². The van der Waals surface area contributed by atoms with Gasteiger partial charge in [0.05, 0.1) is 26.2 Å². The lowest BCUT2D eigenvalue weighted by molar-refractivity contribution is -0.142. The summed E-state index contributed by atoms with van der Waals surface area (Å²) in [7, 11) is 4.82. The van der Waals surface area contributed by atoms with Gasteiger partial charge in [0.2, 0.25) is 0 Å². The summed E-state index contributed by atoms with van der Waals surface area (Å²) in [5.41, 5.74) is 0.440. The van der Waals surface area contributed by atoms with Crippen LogP contribution in [-0.2, 0) is 15.1 Å². The largest absolute Gasteiger partial charge is 0.496 e. The van der Waals surface area contributed by atoms with E-state index in [0.717, 1.165) is 11.3 Å². The zero-order valence-corrected chi connectivity index (χ0v) is 10.7. The number of hydrogen-bond donors (Lipinski definition) is 1. The predicted molar refractivity (Wildman–Crippen MR) is 66.0 cm³/mol. The fourth-order valence-corrected chi connectivity index (χ4v) is 1.78. The second kappa shape index (κ2) is 5.68. The van der Waals surface area contributed by atoms with Crippen molar-refractivity contribution in [1.29, 1.82) is 0 Å². The van der Waals surface area contributed by atoms with Gasteiger partial charge < -0.3 is 14.8 Å². The lowest BCUT2D eigenvalue weighted by atomic mass is 9.88. The van der Waals surface area contributed by atoms with Crippen LogP contribution in [0.3, 0.4) is 0 Å². The first-order chi connectivity index (χ1) is 8.07. The highest BCUT2D eigenvalue weighted by molar-refractivity contribution is 5.71. The molecule has 0 radical (unpaired) electrons. The lowest BCUT2D eigenvalue weighted by Gasteiger charge is -2.30. The van der Waals surface area contributed by atoms with Gasteiger partial charge in [0, 0.05) is 5.56 Å². The minimum Gasteiger partial charge on any atom is -0.496 e. The Balaban J connectivity index is 3.10. The number of carbonyl (C=O) groups excluding carboxylic acids is 1. The highest BCUT2D eigenvalue weighted by Gasteiger charge is 2.30. The van der Waals surface area contributed by atoms with E-state index in [1.807, 2.05) is 38.2 Å². The summed E-state index contributed by atoms with van der Waals surface area (Å²) in [5, 5.41) is 3.15. The van der Waals surface area contributed by atoms with E-state index in [1.54, 1.807) is 7.11 Å². The first-order valence-corrected chi connectivity index (χ1v) is 5.46.